The lowest BCUT2D eigenvalue weighted by molar-refractivity contribution is 0.0439. The van der Waals surface area contributed by atoms with Gasteiger partial charge in [-0.05, 0) is 25.2 Å². The number of nitrogens with two attached hydrogens (primary N) is 1. The molecule has 1 aliphatic carbocycles. The monoisotopic (exact) mass is 191 g/mol. The molecular formula is C10H19F2N. The average molecular weight is 191 g/mol. The molecule has 2 unspecified atom stereocenters. The molecule has 0 saturated heterocycles. The Morgan fingerprint density at radius 3 is 2.62 bits per heavy atom. The molecule has 0 heterocycles. The van der Waals surface area contributed by atoms with Crippen molar-refractivity contribution in [3.63, 3.8) is 0 Å². The largest absolute Gasteiger partial charge is 0.320 e. The fraction of sp³-hybridized carbons (Fsp3) is 1.00. The smallest absolute Gasteiger partial charge is 0.256 e. The lowest BCUT2D eigenvalue weighted by atomic mass is 9.91. The second kappa shape index (κ2) is 4.36. The molecule has 78 valence electrons. The van der Waals surface area contributed by atoms with Crippen molar-refractivity contribution in [3.05, 3.63) is 0 Å². The van der Waals surface area contributed by atoms with Gasteiger partial charge < -0.3 is 5.73 Å². The van der Waals surface area contributed by atoms with Crippen LogP contribution < -0.4 is 5.73 Å². The van der Waals surface area contributed by atoms with Gasteiger partial charge in [-0.3, -0.25) is 0 Å². The highest BCUT2D eigenvalue weighted by atomic mass is 19.3. The van der Waals surface area contributed by atoms with Gasteiger partial charge in [-0.1, -0.05) is 26.2 Å². The third-order valence-corrected chi connectivity index (χ3v) is 3.28. The maximum absolute atomic E-state index is 12.6. The summed E-state index contributed by atoms with van der Waals surface area (Å²) in [7, 11) is 0. The summed E-state index contributed by atoms with van der Waals surface area (Å²) < 4.78 is 25.2. The second-order valence-electron chi connectivity index (χ2n) is 4.24. The van der Waals surface area contributed by atoms with Crippen molar-refractivity contribution >= 4 is 0 Å². The van der Waals surface area contributed by atoms with E-state index >= 15 is 0 Å². The van der Waals surface area contributed by atoms with Crippen LogP contribution in [0.4, 0.5) is 8.78 Å². The molecule has 1 aliphatic rings. The van der Waals surface area contributed by atoms with Gasteiger partial charge in [-0.15, -0.1) is 0 Å². The van der Waals surface area contributed by atoms with E-state index in [1.165, 1.54) is 0 Å². The van der Waals surface area contributed by atoms with E-state index in [2.05, 4.69) is 6.92 Å². The molecule has 1 fully saturated rings. The molecule has 0 bridgehead atoms. The van der Waals surface area contributed by atoms with E-state index in [0.717, 1.165) is 25.7 Å². The second-order valence-corrected chi connectivity index (χ2v) is 4.24. The van der Waals surface area contributed by atoms with Gasteiger partial charge in [0.05, 0.1) is 5.54 Å². The Kier molecular flexibility index (Phi) is 3.65. The molecule has 1 rings (SSSR count). The summed E-state index contributed by atoms with van der Waals surface area (Å²) in [5.74, 6) is 0.615. The molecule has 0 aromatic heterocycles. The standard InChI is InChI=1S/C10H19F2N/c1-2-8-4-3-6-10(13,7-5-8)9(11)12/h8-9H,2-7,13H2,1H3. The Balaban J connectivity index is 2.52. The van der Waals surface area contributed by atoms with Crippen LogP contribution in [-0.2, 0) is 0 Å². The maximum atomic E-state index is 12.6. The van der Waals surface area contributed by atoms with Crippen LogP contribution in [0.5, 0.6) is 0 Å². The van der Waals surface area contributed by atoms with Crippen molar-refractivity contribution in [1.82, 2.24) is 0 Å². The van der Waals surface area contributed by atoms with Crippen molar-refractivity contribution in [1.29, 1.82) is 0 Å². The van der Waals surface area contributed by atoms with Crippen LogP contribution in [0.3, 0.4) is 0 Å². The Bertz CT molecular complexity index is 161. The number of rotatable bonds is 2. The summed E-state index contributed by atoms with van der Waals surface area (Å²) in [5.41, 5.74) is 4.48. The first-order valence-electron chi connectivity index (χ1n) is 5.15. The topological polar surface area (TPSA) is 26.0 Å². The normalized spacial score (nSPS) is 36.2. The van der Waals surface area contributed by atoms with Gasteiger partial charge in [0, 0.05) is 0 Å². The summed E-state index contributed by atoms with van der Waals surface area (Å²) in [5, 5.41) is 0. The van der Waals surface area contributed by atoms with Crippen molar-refractivity contribution in [3.8, 4) is 0 Å². The SMILES string of the molecule is CCC1CCCC(N)(C(F)F)CC1. The molecule has 0 radical (unpaired) electrons. The highest BCUT2D eigenvalue weighted by Gasteiger charge is 2.37. The Morgan fingerprint density at radius 1 is 1.38 bits per heavy atom. The molecule has 0 aromatic rings. The molecule has 0 aromatic carbocycles. The number of alkyl halides is 2. The van der Waals surface area contributed by atoms with Crippen LogP contribution >= 0.6 is 0 Å². The van der Waals surface area contributed by atoms with Crippen LogP contribution in [0.25, 0.3) is 0 Å². The van der Waals surface area contributed by atoms with E-state index in [1.807, 2.05) is 0 Å². The zero-order chi connectivity index (χ0) is 9.90. The number of halogens is 2. The number of hydrogen-bond acceptors (Lipinski definition) is 1. The molecule has 0 spiro atoms. The zero-order valence-electron chi connectivity index (χ0n) is 8.23. The van der Waals surface area contributed by atoms with E-state index in [9.17, 15) is 8.78 Å². The van der Waals surface area contributed by atoms with E-state index < -0.39 is 12.0 Å². The van der Waals surface area contributed by atoms with Crippen molar-refractivity contribution < 1.29 is 8.78 Å². The average Bonchev–Trinajstić information content (AvgIpc) is 2.28. The predicted octanol–water partition coefficient (Wildman–Crippen LogP) is 2.94. The maximum Gasteiger partial charge on any atom is 0.256 e. The minimum Gasteiger partial charge on any atom is -0.320 e. The minimum atomic E-state index is -2.36. The van der Waals surface area contributed by atoms with Crippen LogP contribution in [0, 0.1) is 5.92 Å². The van der Waals surface area contributed by atoms with E-state index in [4.69, 9.17) is 5.73 Å². The lowest BCUT2D eigenvalue weighted by Crippen LogP contribution is -2.46. The van der Waals surface area contributed by atoms with Gasteiger partial charge >= 0.3 is 0 Å². The van der Waals surface area contributed by atoms with E-state index in [0.29, 0.717) is 18.8 Å². The highest BCUT2D eigenvalue weighted by molar-refractivity contribution is 4.89. The van der Waals surface area contributed by atoms with Crippen molar-refractivity contribution in [2.45, 2.75) is 57.4 Å². The van der Waals surface area contributed by atoms with Gasteiger partial charge in [-0.2, -0.15) is 0 Å². The quantitative estimate of drug-likeness (QED) is 0.667. The molecule has 0 aliphatic heterocycles. The van der Waals surface area contributed by atoms with E-state index in [1.54, 1.807) is 0 Å². The summed E-state index contributed by atoms with van der Waals surface area (Å²) in [4.78, 5) is 0. The summed E-state index contributed by atoms with van der Waals surface area (Å²) in [6.45, 7) is 2.12. The number of hydrogen-bond donors (Lipinski definition) is 1. The molecule has 1 saturated carbocycles. The molecule has 3 heteroatoms. The third kappa shape index (κ3) is 2.63. The predicted molar refractivity (Wildman–Crippen MR) is 49.8 cm³/mol. The molecule has 2 N–H and O–H groups in total. The van der Waals surface area contributed by atoms with Crippen LogP contribution in [-0.4, -0.2) is 12.0 Å². The third-order valence-electron chi connectivity index (χ3n) is 3.28. The van der Waals surface area contributed by atoms with E-state index in [-0.39, 0.29) is 0 Å². The molecular weight excluding hydrogens is 172 g/mol. The van der Waals surface area contributed by atoms with Gasteiger partial charge in [0.2, 0.25) is 0 Å². The van der Waals surface area contributed by atoms with Gasteiger partial charge in [0.1, 0.15) is 0 Å². The Hall–Kier alpha value is -0.180. The Labute approximate surface area is 78.7 Å². The fourth-order valence-electron chi connectivity index (χ4n) is 2.09. The summed E-state index contributed by atoms with van der Waals surface area (Å²) >= 11 is 0. The van der Waals surface area contributed by atoms with Gasteiger partial charge in [0.25, 0.3) is 6.43 Å². The molecule has 0 amide bonds. The first kappa shape index (κ1) is 10.9. The molecule has 2 atom stereocenters. The van der Waals surface area contributed by atoms with Gasteiger partial charge in [0.15, 0.2) is 0 Å². The lowest BCUT2D eigenvalue weighted by Gasteiger charge is -2.26. The fourth-order valence-corrected chi connectivity index (χ4v) is 2.09. The Morgan fingerprint density at radius 2 is 2.08 bits per heavy atom. The first-order valence-corrected chi connectivity index (χ1v) is 5.15. The van der Waals surface area contributed by atoms with Crippen LogP contribution in [0.2, 0.25) is 0 Å². The zero-order valence-corrected chi connectivity index (χ0v) is 8.23. The first-order chi connectivity index (χ1) is 6.08. The summed E-state index contributed by atoms with van der Waals surface area (Å²) in [6, 6.07) is 0. The minimum absolute atomic E-state index is 0.487. The van der Waals surface area contributed by atoms with Crippen LogP contribution in [0.1, 0.15) is 45.4 Å². The summed E-state index contributed by atoms with van der Waals surface area (Å²) in [6.07, 6.45) is 2.52. The van der Waals surface area contributed by atoms with Gasteiger partial charge in [-0.25, -0.2) is 8.78 Å². The van der Waals surface area contributed by atoms with Crippen molar-refractivity contribution in [2.24, 2.45) is 11.7 Å². The molecule has 1 nitrogen and oxygen atoms in total. The van der Waals surface area contributed by atoms with Crippen LogP contribution in [0.15, 0.2) is 0 Å². The molecule has 13 heavy (non-hydrogen) atoms. The highest BCUT2D eigenvalue weighted by Crippen LogP contribution is 2.33. The van der Waals surface area contributed by atoms with Crippen molar-refractivity contribution in [2.75, 3.05) is 0 Å².